The number of likely N-dealkylation sites (tertiary alicyclic amines) is 1. The lowest BCUT2D eigenvalue weighted by atomic mass is 9.98. The molecule has 1 atom stereocenters. The number of rotatable bonds is 2. The van der Waals surface area contributed by atoms with Crippen LogP contribution in [-0.2, 0) is 4.74 Å². The second-order valence-electron chi connectivity index (χ2n) is 5.17. The van der Waals surface area contributed by atoms with Gasteiger partial charge in [0.05, 0.1) is 7.11 Å². The summed E-state index contributed by atoms with van der Waals surface area (Å²) in [4.78, 5) is 32.2. The molecule has 1 aliphatic heterocycles. The molecular weight excluding hydrogens is 286 g/mol. The minimum Gasteiger partial charge on any atom is -0.453 e. The summed E-state index contributed by atoms with van der Waals surface area (Å²) >= 11 is 0. The maximum Gasteiger partial charge on any atom is 0.409 e. The first-order chi connectivity index (χ1) is 10.7. The van der Waals surface area contributed by atoms with E-state index in [0.29, 0.717) is 24.7 Å². The molecule has 1 aliphatic rings. The van der Waals surface area contributed by atoms with E-state index in [-0.39, 0.29) is 17.7 Å². The maximum absolute atomic E-state index is 12.1. The SMILES string of the molecule is COC(=O)N1CCCC(c2nn(-c3ccccn3)c(=O)[nH]2)C1. The zero-order chi connectivity index (χ0) is 15.5. The van der Waals surface area contributed by atoms with Crippen molar-refractivity contribution in [2.75, 3.05) is 20.2 Å². The molecule has 2 aromatic heterocycles. The normalized spacial score (nSPS) is 18.2. The lowest BCUT2D eigenvalue weighted by Gasteiger charge is -2.30. The van der Waals surface area contributed by atoms with Crippen molar-refractivity contribution in [2.45, 2.75) is 18.8 Å². The second-order valence-corrected chi connectivity index (χ2v) is 5.17. The van der Waals surface area contributed by atoms with Gasteiger partial charge in [-0.05, 0) is 25.0 Å². The molecule has 22 heavy (non-hydrogen) atoms. The Morgan fingerprint density at radius 2 is 2.32 bits per heavy atom. The predicted octanol–water partition coefficient (Wildman–Crippen LogP) is 0.901. The highest BCUT2D eigenvalue weighted by atomic mass is 16.5. The lowest BCUT2D eigenvalue weighted by Crippen LogP contribution is -2.39. The number of hydrogen-bond acceptors (Lipinski definition) is 5. The summed E-state index contributed by atoms with van der Waals surface area (Å²) in [5.41, 5.74) is -0.330. The van der Waals surface area contributed by atoms with E-state index < -0.39 is 0 Å². The number of aromatic nitrogens is 4. The molecule has 1 saturated heterocycles. The summed E-state index contributed by atoms with van der Waals surface area (Å²) in [6, 6.07) is 5.29. The first kappa shape index (κ1) is 14.3. The van der Waals surface area contributed by atoms with Crippen LogP contribution < -0.4 is 5.69 Å². The van der Waals surface area contributed by atoms with E-state index in [1.54, 1.807) is 29.3 Å². The third kappa shape index (κ3) is 2.72. The van der Waals surface area contributed by atoms with Gasteiger partial charge in [-0.2, -0.15) is 4.68 Å². The Hall–Kier alpha value is -2.64. The molecule has 3 rings (SSSR count). The smallest absolute Gasteiger partial charge is 0.409 e. The number of methoxy groups -OCH3 is 1. The Morgan fingerprint density at radius 1 is 1.45 bits per heavy atom. The first-order valence-electron chi connectivity index (χ1n) is 7.12. The van der Waals surface area contributed by atoms with Gasteiger partial charge in [0.2, 0.25) is 0 Å². The van der Waals surface area contributed by atoms with Crippen molar-refractivity contribution in [3.63, 3.8) is 0 Å². The summed E-state index contributed by atoms with van der Waals surface area (Å²) in [5, 5.41) is 4.33. The van der Waals surface area contributed by atoms with E-state index in [1.165, 1.54) is 11.8 Å². The van der Waals surface area contributed by atoms with Gasteiger partial charge in [-0.15, -0.1) is 5.10 Å². The molecule has 8 heteroatoms. The van der Waals surface area contributed by atoms with Crippen LogP contribution in [0.3, 0.4) is 0 Å². The van der Waals surface area contributed by atoms with Crippen molar-refractivity contribution in [2.24, 2.45) is 0 Å². The molecule has 0 spiro atoms. The molecule has 2 aromatic rings. The number of piperidine rings is 1. The average Bonchev–Trinajstić information content (AvgIpc) is 2.97. The Labute approximate surface area is 126 Å². The summed E-state index contributed by atoms with van der Waals surface area (Å²) in [5.74, 6) is 1.03. The summed E-state index contributed by atoms with van der Waals surface area (Å²) < 4.78 is 5.99. The van der Waals surface area contributed by atoms with Gasteiger partial charge in [0.1, 0.15) is 5.82 Å². The van der Waals surface area contributed by atoms with Gasteiger partial charge >= 0.3 is 11.8 Å². The quantitative estimate of drug-likeness (QED) is 0.889. The summed E-state index contributed by atoms with van der Waals surface area (Å²) in [6.45, 7) is 1.15. The molecule has 1 N–H and O–H groups in total. The number of nitrogens with one attached hydrogen (secondary N) is 1. The second kappa shape index (κ2) is 6.00. The monoisotopic (exact) mass is 303 g/mol. The molecule has 0 saturated carbocycles. The number of nitrogens with zero attached hydrogens (tertiary/aromatic N) is 4. The Balaban J connectivity index is 1.84. The van der Waals surface area contributed by atoms with Gasteiger partial charge in [0.15, 0.2) is 5.82 Å². The molecular formula is C14H17N5O3. The minimum absolute atomic E-state index is 0.00878. The number of carbonyl (C=O) groups is 1. The fourth-order valence-electron chi connectivity index (χ4n) is 2.65. The van der Waals surface area contributed by atoms with Crippen molar-refractivity contribution in [1.29, 1.82) is 0 Å². The Morgan fingerprint density at radius 3 is 3.05 bits per heavy atom. The van der Waals surface area contributed by atoms with Crippen molar-refractivity contribution >= 4 is 6.09 Å². The van der Waals surface area contributed by atoms with Crippen LogP contribution in [0.15, 0.2) is 29.2 Å². The van der Waals surface area contributed by atoms with E-state index in [9.17, 15) is 9.59 Å². The first-order valence-corrected chi connectivity index (χ1v) is 7.12. The fraction of sp³-hybridized carbons (Fsp3) is 0.429. The minimum atomic E-state index is -0.351. The highest BCUT2D eigenvalue weighted by Gasteiger charge is 2.28. The van der Waals surface area contributed by atoms with Gasteiger partial charge in [0.25, 0.3) is 0 Å². The van der Waals surface area contributed by atoms with Gasteiger partial charge < -0.3 is 9.64 Å². The number of ether oxygens (including phenoxy) is 1. The third-order valence-corrected chi connectivity index (χ3v) is 3.74. The molecule has 1 unspecified atom stereocenters. The number of amides is 1. The highest BCUT2D eigenvalue weighted by Crippen LogP contribution is 2.24. The molecule has 116 valence electrons. The van der Waals surface area contributed by atoms with E-state index >= 15 is 0 Å². The van der Waals surface area contributed by atoms with Gasteiger partial charge in [-0.3, -0.25) is 4.98 Å². The summed E-state index contributed by atoms with van der Waals surface area (Å²) in [6.07, 6.45) is 2.97. The maximum atomic E-state index is 12.1. The molecule has 8 nitrogen and oxygen atoms in total. The topological polar surface area (TPSA) is 93.1 Å². The van der Waals surface area contributed by atoms with Crippen LogP contribution in [0.4, 0.5) is 4.79 Å². The predicted molar refractivity (Wildman–Crippen MR) is 77.9 cm³/mol. The summed E-state index contributed by atoms with van der Waals surface area (Å²) in [7, 11) is 1.36. The number of hydrogen-bond donors (Lipinski definition) is 1. The van der Waals surface area contributed by atoms with E-state index in [4.69, 9.17) is 4.74 Å². The zero-order valence-corrected chi connectivity index (χ0v) is 12.2. The molecule has 1 fully saturated rings. The van der Waals surface area contributed by atoms with Crippen molar-refractivity contribution < 1.29 is 9.53 Å². The van der Waals surface area contributed by atoms with Crippen molar-refractivity contribution in [3.8, 4) is 5.82 Å². The van der Waals surface area contributed by atoms with Crippen molar-refractivity contribution in [3.05, 3.63) is 40.7 Å². The van der Waals surface area contributed by atoms with E-state index in [2.05, 4.69) is 15.1 Å². The van der Waals surface area contributed by atoms with Gasteiger partial charge in [0, 0.05) is 25.2 Å². The zero-order valence-electron chi connectivity index (χ0n) is 12.2. The molecule has 3 heterocycles. The highest BCUT2D eigenvalue weighted by molar-refractivity contribution is 5.67. The van der Waals surface area contributed by atoms with Gasteiger partial charge in [-0.25, -0.2) is 14.6 Å². The molecule has 0 radical (unpaired) electrons. The largest absolute Gasteiger partial charge is 0.453 e. The van der Waals surface area contributed by atoms with E-state index in [0.717, 1.165) is 12.8 Å². The van der Waals surface area contributed by atoms with Crippen molar-refractivity contribution in [1.82, 2.24) is 24.6 Å². The molecule has 1 amide bonds. The average molecular weight is 303 g/mol. The molecule has 0 aromatic carbocycles. The molecule has 0 aliphatic carbocycles. The van der Waals surface area contributed by atoms with Crippen LogP contribution in [-0.4, -0.2) is 50.9 Å². The van der Waals surface area contributed by atoms with Crippen LogP contribution in [0.2, 0.25) is 0 Å². The third-order valence-electron chi connectivity index (χ3n) is 3.74. The molecule has 0 bridgehead atoms. The van der Waals surface area contributed by atoms with Gasteiger partial charge in [-0.1, -0.05) is 6.07 Å². The van der Waals surface area contributed by atoms with E-state index in [1.807, 2.05) is 0 Å². The number of H-pyrrole nitrogens is 1. The fourth-order valence-corrected chi connectivity index (χ4v) is 2.65. The standard InChI is InChI=1S/C14H17N5O3/c1-22-14(21)18-8-4-5-10(9-18)12-16-13(20)19(17-12)11-6-2-3-7-15-11/h2-3,6-7,10H,4-5,8-9H2,1H3,(H,16,17,20). The van der Waals surface area contributed by atoms with Crippen LogP contribution in [0.1, 0.15) is 24.6 Å². The van der Waals surface area contributed by atoms with Crippen LogP contribution in [0, 0.1) is 0 Å². The van der Waals surface area contributed by atoms with Crippen LogP contribution in [0.25, 0.3) is 5.82 Å². The Bertz CT molecular complexity index is 709. The number of aromatic amines is 1. The Kier molecular flexibility index (Phi) is 3.90. The number of carbonyl (C=O) groups excluding carboxylic acids is 1. The lowest BCUT2D eigenvalue weighted by molar-refractivity contribution is 0.110. The van der Waals surface area contributed by atoms with Crippen LogP contribution in [0.5, 0.6) is 0 Å². The van der Waals surface area contributed by atoms with Crippen LogP contribution >= 0.6 is 0 Å². The number of pyridine rings is 1.